The first kappa shape index (κ1) is 17.6. The molecule has 104 valence electrons. The molecule has 5 heteroatoms. The highest BCUT2D eigenvalue weighted by Crippen LogP contribution is 2.32. The highest BCUT2D eigenvalue weighted by Gasteiger charge is 2.33. The van der Waals surface area contributed by atoms with Crippen LogP contribution >= 0.6 is 0 Å². The summed E-state index contributed by atoms with van der Waals surface area (Å²) in [6.07, 6.45) is 1.36. The van der Waals surface area contributed by atoms with Gasteiger partial charge in [-0.15, -0.1) is 0 Å². The molecule has 3 atom stereocenters. The molecule has 0 heterocycles. The molecule has 0 fully saturated rings. The van der Waals surface area contributed by atoms with E-state index in [-0.39, 0.29) is 9.52 Å². The molecule has 0 aliphatic rings. The molecular weight excluding hydrogens is 260 g/mol. The van der Waals surface area contributed by atoms with Gasteiger partial charge in [-0.3, -0.25) is 0 Å². The van der Waals surface area contributed by atoms with Crippen LogP contribution in [0.2, 0.25) is 36.5 Å². The van der Waals surface area contributed by atoms with E-state index in [1.165, 1.54) is 12.1 Å². The van der Waals surface area contributed by atoms with E-state index in [9.17, 15) is 0 Å². The summed E-state index contributed by atoms with van der Waals surface area (Å²) in [5.74, 6) is 0. The summed E-state index contributed by atoms with van der Waals surface area (Å²) in [5.41, 5.74) is 4.04. The molecule has 0 rings (SSSR count). The number of hydrogen-bond donors (Lipinski definition) is 0. The third-order valence-corrected chi connectivity index (χ3v) is 20.3. The van der Waals surface area contributed by atoms with Crippen molar-refractivity contribution in [1.82, 2.24) is 0 Å². The Morgan fingerprint density at radius 2 is 2.00 bits per heavy atom. The molecule has 0 aliphatic carbocycles. The van der Waals surface area contributed by atoms with Gasteiger partial charge in [0.25, 0.3) is 0 Å². The normalized spacial score (nSPS) is 19.4. The second kappa shape index (κ2) is 9.49. The van der Waals surface area contributed by atoms with Gasteiger partial charge in [0.1, 0.15) is 0 Å². The lowest BCUT2D eigenvalue weighted by Crippen LogP contribution is -2.41. The first-order valence-electron chi connectivity index (χ1n) is 7.10. The molecule has 3 unspecified atom stereocenters. The maximum atomic E-state index is 5.98. The van der Waals surface area contributed by atoms with Gasteiger partial charge in [-0.2, -0.15) is 0 Å². The minimum absolute atomic E-state index is 0.195. The van der Waals surface area contributed by atoms with Crippen molar-refractivity contribution in [2.45, 2.75) is 56.8 Å². The van der Waals surface area contributed by atoms with Gasteiger partial charge in [0, 0.05) is 24.7 Å². The standard InChI is InChI=1S/C12H32O2Si3/c1-7-12(2)17(6,10-15-4)11-16(5)14-9-8-13-3/h12,16H,7-11,15H2,1-6H3. The van der Waals surface area contributed by atoms with Crippen LogP contribution in [-0.4, -0.2) is 47.0 Å². The van der Waals surface area contributed by atoms with Crippen molar-refractivity contribution in [2.75, 3.05) is 20.3 Å². The fraction of sp³-hybridized carbons (Fsp3) is 1.00. The SMILES string of the molecule is CCC(C)[Si](C)(C[SiH2]C)C[SiH](C)OCCOC. The summed E-state index contributed by atoms with van der Waals surface area (Å²) in [6, 6.07) is 0. The molecule has 0 radical (unpaired) electrons. The Morgan fingerprint density at radius 1 is 1.35 bits per heavy atom. The van der Waals surface area contributed by atoms with Crippen LogP contribution in [-0.2, 0) is 9.16 Å². The van der Waals surface area contributed by atoms with Gasteiger partial charge in [-0.1, -0.05) is 39.0 Å². The van der Waals surface area contributed by atoms with Crippen molar-refractivity contribution in [3.8, 4) is 0 Å². The van der Waals surface area contributed by atoms with Crippen LogP contribution < -0.4 is 0 Å². The van der Waals surface area contributed by atoms with Gasteiger partial charge in [-0.05, 0) is 17.8 Å². The molecule has 2 nitrogen and oxygen atoms in total. The average molecular weight is 293 g/mol. The molecule has 0 N–H and O–H groups in total. The largest absolute Gasteiger partial charge is 0.418 e. The minimum Gasteiger partial charge on any atom is -0.418 e. The van der Waals surface area contributed by atoms with Gasteiger partial charge in [0.15, 0.2) is 9.04 Å². The van der Waals surface area contributed by atoms with Gasteiger partial charge in [-0.25, -0.2) is 0 Å². The van der Waals surface area contributed by atoms with E-state index in [2.05, 4.69) is 33.5 Å². The number of rotatable bonds is 10. The second-order valence-electron chi connectivity index (χ2n) is 5.59. The molecule has 0 saturated carbocycles. The smallest absolute Gasteiger partial charge is 0.171 e. The molecule has 0 aromatic rings. The zero-order chi connectivity index (χ0) is 13.3. The van der Waals surface area contributed by atoms with E-state index >= 15 is 0 Å². The summed E-state index contributed by atoms with van der Waals surface area (Å²) < 4.78 is 11.0. The van der Waals surface area contributed by atoms with E-state index in [1.54, 1.807) is 12.8 Å². The maximum absolute atomic E-state index is 5.98. The Kier molecular flexibility index (Phi) is 9.81. The Labute approximate surface area is 113 Å². The number of hydrogen-bond acceptors (Lipinski definition) is 2. The monoisotopic (exact) mass is 292 g/mol. The fourth-order valence-electron chi connectivity index (χ4n) is 2.66. The molecule has 0 bridgehead atoms. The van der Waals surface area contributed by atoms with Crippen LogP contribution in [0.1, 0.15) is 20.3 Å². The summed E-state index contributed by atoms with van der Waals surface area (Å²) in [7, 11) is -0.0337. The van der Waals surface area contributed by atoms with Crippen molar-refractivity contribution in [3.63, 3.8) is 0 Å². The zero-order valence-electron chi connectivity index (χ0n) is 12.7. The van der Waals surface area contributed by atoms with Crippen molar-refractivity contribution < 1.29 is 9.16 Å². The Morgan fingerprint density at radius 3 is 2.47 bits per heavy atom. The van der Waals surface area contributed by atoms with Crippen molar-refractivity contribution in [1.29, 1.82) is 0 Å². The topological polar surface area (TPSA) is 18.5 Å². The molecule has 0 amide bonds. The predicted octanol–water partition coefficient (Wildman–Crippen LogP) is 2.60. The fourth-order valence-corrected chi connectivity index (χ4v) is 20.7. The van der Waals surface area contributed by atoms with E-state index in [4.69, 9.17) is 9.16 Å². The summed E-state index contributed by atoms with van der Waals surface area (Å²) in [5, 5.41) is 0. The Bertz CT molecular complexity index is 193. The molecule has 0 spiro atoms. The quantitative estimate of drug-likeness (QED) is 0.455. The van der Waals surface area contributed by atoms with Crippen LogP contribution in [0.25, 0.3) is 0 Å². The molecule has 0 saturated heterocycles. The van der Waals surface area contributed by atoms with Crippen LogP contribution in [0.4, 0.5) is 0 Å². The van der Waals surface area contributed by atoms with Crippen LogP contribution in [0.5, 0.6) is 0 Å². The summed E-state index contributed by atoms with van der Waals surface area (Å²) in [6.45, 7) is 13.9. The summed E-state index contributed by atoms with van der Waals surface area (Å²) >= 11 is 0. The highest BCUT2D eigenvalue weighted by atomic mass is 28.4. The first-order valence-corrected chi connectivity index (χ1v) is 15.0. The zero-order valence-corrected chi connectivity index (χ0v) is 16.3. The van der Waals surface area contributed by atoms with Gasteiger partial charge >= 0.3 is 0 Å². The van der Waals surface area contributed by atoms with Gasteiger partial charge in [0.05, 0.1) is 13.2 Å². The lowest BCUT2D eigenvalue weighted by molar-refractivity contribution is 0.146. The average Bonchev–Trinajstić information content (AvgIpc) is 2.28. The lowest BCUT2D eigenvalue weighted by Gasteiger charge is -2.35. The number of methoxy groups -OCH3 is 1. The molecule has 17 heavy (non-hydrogen) atoms. The molecule has 0 aromatic carbocycles. The maximum Gasteiger partial charge on any atom is 0.171 e. The Hall–Kier alpha value is 0.571. The van der Waals surface area contributed by atoms with Crippen LogP contribution in [0, 0.1) is 0 Å². The second-order valence-corrected chi connectivity index (χ2v) is 16.5. The minimum atomic E-state index is -1.02. The lowest BCUT2D eigenvalue weighted by atomic mass is 10.4. The molecule has 0 aliphatic heterocycles. The van der Waals surface area contributed by atoms with E-state index < -0.39 is 17.1 Å². The first-order chi connectivity index (χ1) is 8.00. The molecule has 0 aromatic heterocycles. The molecular formula is C12H32O2Si3. The van der Waals surface area contributed by atoms with Crippen molar-refractivity contribution in [2.24, 2.45) is 0 Å². The third kappa shape index (κ3) is 6.91. The van der Waals surface area contributed by atoms with Gasteiger partial charge < -0.3 is 9.16 Å². The third-order valence-electron chi connectivity index (χ3n) is 4.07. The number of ether oxygens (including phenoxy) is 1. The van der Waals surface area contributed by atoms with Crippen molar-refractivity contribution in [3.05, 3.63) is 0 Å². The van der Waals surface area contributed by atoms with Crippen LogP contribution in [0.3, 0.4) is 0 Å². The van der Waals surface area contributed by atoms with E-state index in [0.717, 1.165) is 18.8 Å². The van der Waals surface area contributed by atoms with Crippen molar-refractivity contribution >= 4 is 26.6 Å². The van der Waals surface area contributed by atoms with Gasteiger partial charge in [0.2, 0.25) is 0 Å². The predicted molar refractivity (Wildman–Crippen MR) is 86.2 cm³/mol. The highest BCUT2D eigenvalue weighted by molar-refractivity contribution is 6.92. The van der Waals surface area contributed by atoms with Crippen LogP contribution in [0.15, 0.2) is 0 Å². The van der Waals surface area contributed by atoms with E-state index in [0.29, 0.717) is 0 Å². The van der Waals surface area contributed by atoms with E-state index in [1.807, 2.05) is 0 Å². The Balaban J connectivity index is 4.22. The summed E-state index contributed by atoms with van der Waals surface area (Å²) in [4.78, 5) is 0.